The van der Waals surface area contributed by atoms with Crippen LogP contribution in [0.2, 0.25) is 0 Å². The number of amides is 1. The van der Waals surface area contributed by atoms with Gasteiger partial charge in [0.25, 0.3) is 11.6 Å². The van der Waals surface area contributed by atoms with Crippen LogP contribution in [-0.2, 0) is 0 Å². The number of hydrogen-bond donors (Lipinski definition) is 1. The van der Waals surface area contributed by atoms with Crippen molar-refractivity contribution in [2.24, 2.45) is 0 Å². The molecule has 2 aliphatic heterocycles. The highest BCUT2D eigenvalue weighted by Gasteiger charge is 2.27. The molecule has 1 N–H and O–H groups in total. The van der Waals surface area contributed by atoms with Crippen LogP contribution in [0.3, 0.4) is 0 Å². The van der Waals surface area contributed by atoms with Crippen LogP contribution in [0.15, 0.2) is 30.9 Å². The molecule has 2 heterocycles. The van der Waals surface area contributed by atoms with E-state index >= 15 is 0 Å². The van der Waals surface area contributed by atoms with Crippen molar-refractivity contribution in [2.75, 3.05) is 38.0 Å². The smallest absolute Gasteiger partial charge is 0.282 e. The highest BCUT2D eigenvalue weighted by molar-refractivity contribution is 5.99. The second kappa shape index (κ2) is 8.31. The average molecular weight is 358 g/mol. The summed E-state index contributed by atoms with van der Waals surface area (Å²) in [6.45, 7) is 8.02. The average Bonchev–Trinajstić information content (AvgIpc) is 3.17. The van der Waals surface area contributed by atoms with Crippen molar-refractivity contribution in [3.05, 3.63) is 46.5 Å². The van der Waals surface area contributed by atoms with Gasteiger partial charge in [-0.3, -0.25) is 19.8 Å². The molecule has 0 unspecified atom stereocenters. The van der Waals surface area contributed by atoms with Crippen molar-refractivity contribution in [3.8, 4) is 0 Å². The molecule has 1 aromatic carbocycles. The molecule has 2 fully saturated rings. The molecular weight excluding hydrogens is 332 g/mol. The van der Waals surface area contributed by atoms with Gasteiger partial charge in [0.2, 0.25) is 0 Å². The molecule has 26 heavy (non-hydrogen) atoms. The van der Waals surface area contributed by atoms with Crippen LogP contribution in [-0.4, -0.2) is 59.4 Å². The van der Waals surface area contributed by atoms with Gasteiger partial charge in [0.15, 0.2) is 0 Å². The van der Waals surface area contributed by atoms with Gasteiger partial charge in [-0.05, 0) is 37.8 Å². The number of carbonyl (C=O) groups is 1. The van der Waals surface area contributed by atoms with Crippen molar-refractivity contribution in [3.63, 3.8) is 0 Å². The van der Waals surface area contributed by atoms with Gasteiger partial charge in [-0.25, -0.2) is 0 Å². The highest BCUT2D eigenvalue weighted by Crippen LogP contribution is 2.27. The number of carbonyl (C=O) groups excluding carboxylic acids is 1. The molecule has 0 spiro atoms. The summed E-state index contributed by atoms with van der Waals surface area (Å²) in [5.74, 6) is -0.237. The van der Waals surface area contributed by atoms with E-state index in [1.54, 1.807) is 17.0 Å². The number of benzene rings is 1. The maximum absolute atomic E-state index is 12.7. The maximum Gasteiger partial charge on any atom is 0.282 e. The van der Waals surface area contributed by atoms with Gasteiger partial charge in [0, 0.05) is 50.5 Å². The second-order valence-electron chi connectivity index (χ2n) is 7.00. The van der Waals surface area contributed by atoms with Gasteiger partial charge >= 0.3 is 0 Å². The number of likely N-dealkylation sites (tertiary alicyclic amines) is 2. The Morgan fingerprint density at radius 2 is 1.96 bits per heavy atom. The molecule has 0 aromatic heterocycles. The van der Waals surface area contributed by atoms with E-state index in [1.807, 2.05) is 6.08 Å². The largest absolute Gasteiger partial charge is 0.382 e. The topological polar surface area (TPSA) is 78.7 Å². The van der Waals surface area contributed by atoms with E-state index in [1.165, 1.54) is 6.07 Å². The number of rotatable bonds is 6. The monoisotopic (exact) mass is 358 g/mol. The molecule has 0 saturated carbocycles. The Morgan fingerprint density at radius 3 is 2.58 bits per heavy atom. The molecule has 3 rings (SSSR count). The van der Waals surface area contributed by atoms with Crippen LogP contribution in [0.4, 0.5) is 11.4 Å². The van der Waals surface area contributed by atoms with Crippen LogP contribution < -0.4 is 5.32 Å². The van der Waals surface area contributed by atoms with E-state index in [2.05, 4.69) is 16.8 Å². The minimum atomic E-state index is -0.471. The molecule has 140 valence electrons. The van der Waals surface area contributed by atoms with Gasteiger partial charge in [-0.2, -0.15) is 0 Å². The summed E-state index contributed by atoms with van der Waals surface area (Å²) in [6.07, 6.45) is 5.84. The first-order valence-corrected chi connectivity index (χ1v) is 9.26. The molecule has 1 aromatic rings. The lowest BCUT2D eigenvalue weighted by molar-refractivity contribution is -0.385. The molecule has 0 aliphatic carbocycles. The Kier molecular flexibility index (Phi) is 5.88. The van der Waals surface area contributed by atoms with E-state index in [0.717, 1.165) is 51.0 Å². The number of nitro benzene ring substituents is 1. The van der Waals surface area contributed by atoms with E-state index < -0.39 is 4.92 Å². The number of nitrogens with one attached hydrogen (secondary N) is 1. The molecule has 0 atom stereocenters. The first kappa shape index (κ1) is 18.4. The van der Waals surface area contributed by atoms with Crippen LogP contribution in [0, 0.1) is 10.1 Å². The van der Waals surface area contributed by atoms with Gasteiger partial charge in [-0.15, -0.1) is 6.58 Å². The summed E-state index contributed by atoms with van der Waals surface area (Å²) in [5.41, 5.74) is 0.847. The van der Waals surface area contributed by atoms with Crippen LogP contribution in [0.25, 0.3) is 0 Å². The summed E-state index contributed by atoms with van der Waals surface area (Å²) in [5, 5.41) is 14.8. The summed E-state index contributed by atoms with van der Waals surface area (Å²) >= 11 is 0. The summed E-state index contributed by atoms with van der Waals surface area (Å²) in [6, 6.07) is 5.11. The second-order valence-corrected chi connectivity index (χ2v) is 7.00. The SMILES string of the molecule is C=CCN1CCC(Nc2ccc([N+](=O)[O-])c(C(=O)N3CCCC3)c2)CC1. The maximum atomic E-state index is 12.7. The lowest BCUT2D eigenvalue weighted by Crippen LogP contribution is -2.39. The lowest BCUT2D eigenvalue weighted by atomic mass is 10.0. The van der Waals surface area contributed by atoms with Gasteiger partial charge in [0.05, 0.1) is 4.92 Å². The normalized spacial score (nSPS) is 18.7. The Hall–Kier alpha value is -2.41. The number of nitrogens with zero attached hydrogens (tertiary/aromatic N) is 3. The number of anilines is 1. The molecular formula is C19H26N4O3. The third-order valence-electron chi connectivity index (χ3n) is 5.16. The Labute approximate surface area is 153 Å². The Morgan fingerprint density at radius 1 is 1.27 bits per heavy atom. The Balaban J connectivity index is 1.72. The van der Waals surface area contributed by atoms with Crippen LogP contribution >= 0.6 is 0 Å². The zero-order valence-corrected chi connectivity index (χ0v) is 15.0. The van der Waals surface area contributed by atoms with Crippen LogP contribution in [0.5, 0.6) is 0 Å². The number of hydrogen-bond acceptors (Lipinski definition) is 5. The number of piperidine rings is 1. The van der Waals surface area contributed by atoms with Crippen LogP contribution in [0.1, 0.15) is 36.0 Å². The molecule has 0 bridgehead atoms. The summed E-state index contributed by atoms with van der Waals surface area (Å²) < 4.78 is 0. The predicted octanol–water partition coefficient (Wildman–Crippen LogP) is 2.89. The molecule has 2 saturated heterocycles. The lowest BCUT2D eigenvalue weighted by Gasteiger charge is -2.32. The fraction of sp³-hybridized carbons (Fsp3) is 0.526. The van der Waals surface area contributed by atoms with E-state index in [9.17, 15) is 14.9 Å². The van der Waals surface area contributed by atoms with Gasteiger partial charge < -0.3 is 10.2 Å². The van der Waals surface area contributed by atoms with E-state index in [0.29, 0.717) is 19.1 Å². The quantitative estimate of drug-likeness (QED) is 0.481. The first-order valence-electron chi connectivity index (χ1n) is 9.26. The van der Waals surface area contributed by atoms with Crippen molar-refractivity contribution >= 4 is 17.3 Å². The van der Waals surface area contributed by atoms with E-state index in [-0.39, 0.29) is 17.2 Å². The zero-order chi connectivity index (χ0) is 18.5. The van der Waals surface area contributed by atoms with Crippen molar-refractivity contribution in [2.45, 2.75) is 31.7 Å². The standard InChI is InChI=1S/C19H26N4O3/c1-2-9-21-12-7-15(8-13-21)20-16-5-6-18(23(25)26)17(14-16)19(24)22-10-3-4-11-22/h2,5-6,14-15,20H,1,3-4,7-13H2. The summed E-state index contributed by atoms with van der Waals surface area (Å²) in [4.78, 5) is 27.6. The molecule has 0 radical (unpaired) electrons. The molecule has 1 amide bonds. The van der Waals surface area contributed by atoms with Gasteiger partial charge in [0.1, 0.15) is 5.56 Å². The Bertz CT molecular complexity index is 677. The first-order chi connectivity index (χ1) is 12.6. The van der Waals surface area contributed by atoms with Crippen molar-refractivity contribution in [1.29, 1.82) is 0 Å². The minimum absolute atomic E-state index is 0.117. The van der Waals surface area contributed by atoms with Crippen molar-refractivity contribution < 1.29 is 9.72 Å². The number of nitro groups is 1. The zero-order valence-electron chi connectivity index (χ0n) is 15.0. The van der Waals surface area contributed by atoms with Gasteiger partial charge in [-0.1, -0.05) is 6.08 Å². The van der Waals surface area contributed by atoms with Crippen molar-refractivity contribution in [1.82, 2.24) is 9.80 Å². The fourth-order valence-electron chi connectivity index (χ4n) is 3.73. The third kappa shape index (κ3) is 4.22. The van der Waals surface area contributed by atoms with E-state index in [4.69, 9.17) is 0 Å². The molecule has 2 aliphatic rings. The highest BCUT2D eigenvalue weighted by atomic mass is 16.6. The predicted molar refractivity (Wildman–Crippen MR) is 102 cm³/mol. The minimum Gasteiger partial charge on any atom is -0.382 e. The molecule has 7 nitrogen and oxygen atoms in total. The fourth-order valence-corrected chi connectivity index (χ4v) is 3.73. The third-order valence-corrected chi connectivity index (χ3v) is 5.16. The molecule has 7 heteroatoms. The summed E-state index contributed by atoms with van der Waals surface area (Å²) in [7, 11) is 0.